The third-order valence-electron chi connectivity index (χ3n) is 4.05. The van der Waals surface area contributed by atoms with Crippen molar-refractivity contribution >= 4 is 11.6 Å². The molecule has 0 aliphatic heterocycles. The predicted octanol–water partition coefficient (Wildman–Crippen LogP) is 3.04. The fraction of sp³-hybridized carbons (Fsp3) is 0.350. The van der Waals surface area contributed by atoms with E-state index in [9.17, 15) is 9.90 Å². The molecule has 0 aliphatic carbocycles. The number of methoxy groups -OCH3 is 1. The molecule has 134 valence electrons. The Morgan fingerprint density at radius 2 is 1.96 bits per heavy atom. The highest BCUT2D eigenvalue weighted by Gasteiger charge is 2.13. The van der Waals surface area contributed by atoms with E-state index in [0.717, 1.165) is 11.1 Å². The molecule has 0 saturated heterocycles. The van der Waals surface area contributed by atoms with Gasteiger partial charge >= 0.3 is 0 Å². The SMILES string of the molecule is COc1cccc(NC(=O)CC(C)NCC(O)c2ccccc2C)c1. The average molecular weight is 342 g/mol. The average Bonchev–Trinajstić information content (AvgIpc) is 2.60. The van der Waals surface area contributed by atoms with Gasteiger partial charge in [-0.25, -0.2) is 0 Å². The molecule has 2 unspecified atom stereocenters. The van der Waals surface area contributed by atoms with Crippen LogP contribution in [-0.2, 0) is 4.79 Å². The van der Waals surface area contributed by atoms with Gasteiger partial charge < -0.3 is 20.5 Å². The summed E-state index contributed by atoms with van der Waals surface area (Å²) in [5.41, 5.74) is 2.67. The van der Waals surface area contributed by atoms with E-state index in [1.54, 1.807) is 13.2 Å². The topological polar surface area (TPSA) is 70.6 Å². The third-order valence-corrected chi connectivity index (χ3v) is 4.05. The quantitative estimate of drug-likeness (QED) is 0.690. The van der Waals surface area contributed by atoms with Gasteiger partial charge in [-0.15, -0.1) is 0 Å². The van der Waals surface area contributed by atoms with Gasteiger partial charge in [0.05, 0.1) is 13.2 Å². The molecule has 5 heteroatoms. The molecular weight excluding hydrogens is 316 g/mol. The Labute approximate surface area is 149 Å². The number of hydrogen-bond donors (Lipinski definition) is 3. The van der Waals surface area contributed by atoms with Gasteiger partial charge in [-0.2, -0.15) is 0 Å². The van der Waals surface area contributed by atoms with Gasteiger partial charge in [-0.05, 0) is 37.1 Å². The molecular formula is C20H26N2O3. The van der Waals surface area contributed by atoms with E-state index in [1.807, 2.05) is 56.3 Å². The van der Waals surface area contributed by atoms with E-state index < -0.39 is 6.10 Å². The molecule has 0 fully saturated rings. The summed E-state index contributed by atoms with van der Waals surface area (Å²) in [6.45, 7) is 4.30. The number of amides is 1. The van der Waals surface area contributed by atoms with Gasteiger partial charge in [-0.3, -0.25) is 4.79 Å². The van der Waals surface area contributed by atoms with Crippen LogP contribution in [-0.4, -0.2) is 30.7 Å². The standard InChI is InChI=1S/C20H26N2O3/c1-14-7-4-5-10-18(14)19(23)13-21-15(2)11-20(24)22-16-8-6-9-17(12-16)25-3/h4-10,12,15,19,21,23H,11,13H2,1-3H3,(H,22,24). The van der Waals surface area contributed by atoms with Crippen LogP contribution in [0.2, 0.25) is 0 Å². The van der Waals surface area contributed by atoms with E-state index in [-0.39, 0.29) is 11.9 Å². The number of ether oxygens (including phenoxy) is 1. The molecule has 0 spiro atoms. The lowest BCUT2D eigenvalue weighted by atomic mass is 10.0. The number of benzene rings is 2. The van der Waals surface area contributed by atoms with Crippen molar-refractivity contribution in [2.24, 2.45) is 0 Å². The van der Waals surface area contributed by atoms with E-state index in [0.29, 0.717) is 24.4 Å². The normalized spacial score (nSPS) is 13.1. The number of aliphatic hydroxyl groups is 1. The molecule has 0 aliphatic rings. The lowest BCUT2D eigenvalue weighted by Gasteiger charge is -2.18. The van der Waals surface area contributed by atoms with Crippen LogP contribution in [0.4, 0.5) is 5.69 Å². The van der Waals surface area contributed by atoms with Gasteiger partial charge in [0.15, 0.2) is 0 Å². The highest BCUT2D eigenvalue weighted by atomic mass is 16.5. The molecule has 0 saturated carbocycles. The second kappa shape index (κ2) is 9.20. The molecule has 5 nitrogen and oxygen atoms in total. The molecule has 0 radical (unpaired) electrons. The summed E-state index contributed by atoms with van der Waals surface area (Å²) in [5, 5.41) is 16.4. The first kappa shape index (κ1) is 19.0. The lowest BCUT2D eigenvalue weighted by molar-refractivity contribution is -0.116. The Hall–Kier alpha value is -2.37. The molecule has 1 amide bonds. The van der Waals surface area contributed by atoms with Crippen LogP contribution in [0.15, 0.2) is 48.5 Å². The van der Waals surface area contributed by atoms with Gasteiger partial charge in [-0.1, -0.05) is 30.3 Å². The minimum atomic E-state index is -0.593. The minimum Gasteiger partial charge on any atom is -0.497 e. The summed E-state index contributed by atoms with van der Waals surface area (Å²) in [6, 6.07) is 15.0. The summed E-state index contributed by atoms with van der Waals surface area (Å²) in [7, 11) is 1.59. The van der Waals surface area contributed by atoms with Crippen molar-refractivity contribution in [3.05, 3.63) is 59.7 Å². The number of anilines is 1. The van der Waals surface area contributed by atoms with E-state index in [4.69, 9.17) is 4.74 Å². The number of hydrogen-bond acceptors (Lipinski definition) is 4. The first-order valence-corrected chi connectivity index (χ1v) is 8.40. The Morgan fingerprint density at radius 1 is 1.20 bits per heavy atom. The second-order valence-electron chi connectivity index (χ2n) is 6.17. The summed E-state index contributed by atoms with van der Waals surface area (Å²) in [5.74, 6) is 0.615. The molecule has 0 heterocycles. The van der Waals surface area contributed by atoms with Gasteiger partial charge in [0.2, 0.25) is 5.91 Å². The van der Waals surface area contributed by atoms with Crippen molar-refractivity contribution in [1.29, 1.82) is 0 Å². The molecule has 2 aromatic rings. The number of carbonyl (C=O) groups excluding carboxylic acids is 1. The van der Waals surface area contributed by atoms with Crippen LogP contribution in [0.3, 0.4) is 0 Å². The van der Waals surface area contributed by atoms with Crippen molar-refractivity contribution in [2.45, 2.75) is 32.4 Å². The molecule has 0 aromatic heterocycles. The second-order valence-corrected chi connectivity index (χ2v) is 6.17. The fourth-order valence-corrected chi connectivity index (χ4v) is 2.65. The molecule has 3 N–H and O–H groups in total. The van der Waals surface area contributed by atoms with Gasteiger partial charge in [0.1, 0.15) is 5.75 Å². The fourth-order valence-electron chi connectivity index (χ4n) is 2.65. The highest BCUT2D eigenvalue weighted by Crippen LogP contribution is 2.18. The summed E-state index contributed by atoms with van der Waals surface area (Å²) in [6.07, 6.45) is -0.275. The maximum atomic E-state index is 12.1. The number of aryl methyl sites for hydroxylation is 1. The van der Waals surface area contributed by atoms with Crippen LogP contribution >= 0.6 is 0 Å². The van der Waals surface area contributed by atoms with Gasteiger partial charge in [0.25, 0.3) is 0 Å². The Bertz CT molecular complexity index is 703. The maximum absolute atomic E-state index is 12.1. The molecule has 25 heavy (non-hydrogen) atoms. The van der Waals surface area contributed by atoms with Crippen LogP contribution in [0, 0.1) is 6.92 Å². The number of rotatable bonds is 8. The monoisotopic (exact) mass is 342 g/mol. The van der Waals surface area contributed by atoms with Crippen molar-refractivity contribution in [3.8, 4) is 5.75 Å². The van der Waals surface area contributed by atoms with Crippen LogP contribution < -0.4 is 15.4 Å². The predicted molar refractivity (Wildman–Crippen MR) is 99.8 cm³/mol. The first-order valence-electron chi connectivity index (χ1n) is 8.40. The molecule has 2 rings (SSSR count). The minimum absolute atomic E-state index is 0.0516. The van der Waals surface area contributed by atoms with Crippen molar-refractivity contribution < 1.29 is 14.6 Å². The van der Waals surface area contributed by atoms with E-state index in [2.05, 4.69) is 10.6 Å². The Kier molecular flexibility index (Phi) is 6.98. The van der Waals surface area contributed by atoms with Crippen LogP contribution in [0.5, 0.6) is 5.75 Å². The van der Waals surface area contributed by atoms with Crippen molar-refractivity contribution in [3.63, 3.8) is 0 Å². The van der Waals surface area contributed by atoms with Crippen molar-refractivity contribution in [1.82, 2.24) is 5.32 Å². The zero-order valence-electron chi connectivity index (χ0n) is 15.0. The van der Waals surface area contributed by atoms with Crippen LogP contribution in [0.1, 0.15) is 30.6 Å². The third kappa shape index (κ3) is 5.89. The highest BCUT2D eigenvalue weighted by molar-refractivity contribution is 5.91. The summed E-state index contributed by atoms with van der Waals surface area (Å²) in [4.78, 5) is 12.1. The Balaban J connectivity index is 1.80. The first-order chi connectivity index (χ1) is 12.0. The Morgan fingerprint density at radius 3 is 2.68 bits per heavy atom. The zero-order chi connectivity index (χ0) is 18.2. The van der Waals surface area contributed by atoms with Crippen molar-refractivity contribution in [2.75, 3.05) is 19.0 Å². The summed E-state index contributed by atoms with van der Waals surface area (Å²) < 4.78 is 5.14. The van der Waals surface area contributed by atoms with Gasteiger partial charge in [0, 0.05) is 30.8 Å². The molecule has 2 atom stereocenters. The number of carbonyl (C=O) groups is 1. The largest absolute Gasteiger partial charge is 0.497 e. The van der Waals surface area contributed by atoms with Crippen LogP contribution in [0.25, 0.3) is 0 Å². The zero-order valence-corrected chi connectivity index (χ0v) is 15.0. The summed E-state index contributed by atoms with van der Waals surface area (Å²) >= 11 is 0. The number of nitrogens with one attached hydrogen (secondary N) is 2. The smallest absolute Gasteiger partial charge is 0.225 e. The van der Waals surface area contributed by atoms with E-state index >= 15 is 0 Å². The van der Waals surface area contributed by atoms with E-state index in [1.165, 1.54) is 0 Å². The lowest BCUT2D eigenvalue weighted by Crippen LogP contribution is -2.33. The number of aliphatic hydroxyl groups excluding tert-OH is 1. The molecule has 2 aromatic carbocycles. The maximum Gasteiger partial charge on any atom is 0.225 e. The molecule has 0 bridgehead atoms.